The summed E-state index contributed by atoms with van der Waals surface area (Å²) in [5, 5.41) is 0. The second-order valence-corrected chi connectivity index (χ2v) is 3.19. The van der Waals surface area contributed by atoms with Crippen LogP contribution >= 0.6 is 11.6 Å². The molecule has 1 saturated heterocycles. The summed E-state index contributed by atoms with van der Waals surface area (Å²) in [6.45, 7) is 3.02. The normalized spacial score (nSPS) is 24.2. The highest BCUT2D eigenvalue weighted by atomic mass is 35.5. The van der Waals surface area contributed by atoms with Gasteiger partial charge in [-0.2, -0.15) is 0 Å². The molecule has 0 radical (unpaired) electrons. The highest BCUT2D eigenvalue weighted by molar-refractivity contribution is 6.27. The van der Waals surface area contributed by atoms with E-state index in [1.807, 2.05) is 4.90 Å². The summed E-state index contributed by atoms with van der Waals surface area (Å²) in [5.41, 5.74) is 0. The smallest absolute Gasteiger partial charge is 0.237 e. The van der Waals surface area contributed by atoms with Crippen molar-refractivity contribution in [1.29, 1.82) is 0 Å². The molecule has 0 N–H and O–H groups in total. The number of carbonyl (C=O) groups is 1. The lowest BCUT2D eigenvalue weighted by molar-refractivity contribution is -0.129. The van der Waals surface area contributed by atoms with Crippen LogP contribution < -0.4 is 0 Å². The first-order valence-electron chi connectivity index (χ1n) is 4.15. The predicted octanol–water partition coefficient (Wildman–Crippen LogP) is 1.63. The van der Waals surface area contributed by atoms with Crippen molar-refractivity contribution >= 4 is 17.5 Å². The van der Waals surface area contributed by atoms with E-state index in [9.17, 15) is 4.79 Å². The van der Waals surface area contributed by atoms with Gasteiger partial charge in [0, 0.05) is 12.6 Å². The summed E-state index contributed by atoms with van der Waals surface area (Å²) in [4.78, 5) is 13.1. The predicted molar refractivity (Wildman–Crippen MR) is 45.7 cm³/mol. The molecule has 0 aromatic rings. The van der Waals surface area contributed by atoms with Gasteiger partial charge in [0.1, 0.15) is 5.88 Å². The van der Waals surface area contributed by atoms with Crippen LogP contribution in [0.5, 0.6) is 0 Å². The van der Waals surface area contributed by atoms with Gasteiger partial charge in [-0.3, -0.25) is 4.79 Å². The summed E-state index contributed by atoms with van der Waals surface area (Å²) in [6.07, 6.45) is 3.35. The first-order chi connectivity index (χ1) is 5.29. The van der Waals surface area contributed by atoms with Gasteiger partial charge in [0.25, 0.3) is 0 Å². The van der Waals surface area contributed by atoms with Gasteiger partial charge in [0.05, 0.1) is 0 Å². The topological polar surface area (TPSA) is 20.3 Å². The molecule has 64 valence electrons. The van der Waals surface area contributed by atoms with E-state index in [4.69, 9.17) is 11.6 Å². The second-order valence-electron chi connectivity index (χ2n) is 2.93. The zero-order chi connectivity index (χ0) is 8.27. The summed E-state index contributed by atoms with van der Waals surface area (Å²) in [5.74, 6) is 0.229. The van der Waals surface area contributed by atoms with Gasteiger partial charge in [-0.1, -0.05) is 6.92 Å². The number of hydrogen-bond donors (Lipinski definition) is 0. The van der Waals surface area contributed by atoms with Crippen molar-refractivity contribution in [3.63, 3.8) is 0 Å². The van der Waals surface area contributed by atoms with E-state index in [2.05, 4.69) is 6.92 Å². The Bertz CT molecular complexity index is 149. The Hall–Kier alpha value is -0.240. The zero-order valence-corrected chi connectivity index (χ0v) is 7.60. The van der Waals surface area contributed by atoms with Gasteiger partial charge >= 0.3 is 0 Å². The standard InChI is InChI=1S/C8H14ClNO/c1-2-7-4-3-5-10(7)8(11)6-9/h7H,2-6H2,1H3. The molecular weight excluding hydrogens is 162 g/mol. The maximum Gasteiger partial charge on any atom is 0.237 e. The zero-order valence-electron chi connectivity index (χ0n) is 6.85. The number of likely N-dealkylation sites (tertiary alicyclic amines) is 1. The first-order valence-corrected chi connectivity index (χ1v) is 4.68. The summed E-state index contributed by atoms with van der Waals surface area (Å²) < 4.78 is 0. The van der Waals surface area contributed by atoms with Crippen LogP contribution in [-0.4, -0.2) is 29.3 Å². The Morgan fingerprint density at radius 1 is 1.73 bits per heavy atom. The van der Waals surface area contributed by atoms with Crippen molar-refractivity contribution in [3.8, 4) is 0 Å². The molecule has 1 amide bonds. The van der Waals surface area contributed by atoms with Crippen LogP contribution in [0.25, 0.3) is 0 Å². The van der Waals surface area contributed by atoms with Crippen LogP contribution in [-0.2, 0) is 4.79 Å². The third-order valence-corrected chi connectivity index (χ3v) is 2.51. The molecule has 0 spiro atoms. The average Bonchev–Trinajstić information content (AvgIpc) is 2.50. The molecule has 3 heteroatoms. The summed E-state index contributed by atoms with van der Waals surface area (Å²) in [6, 6.07) is 0.459. The molecule has 1 unspecified atom stereocenters. The number of amides is 1. The van der Waals surface area contributed by atoms with E-state index in [0.717, 1.165) is 25.8 Å². The van der Waals surface area contributed by atoms with Crippen molar-refractivity contribution in [3.05, 3.63) is 0 Å². The number of alkyl halides is 1. The molecule has 0 bridgehead atoms. The number of halogens is 1. The second kappa shape index (κ2) is 3.96. The van der Waals surface area contributed by atoms with Crippen LogP contribution in [0.2, 0.25) is 0 Å². The number of rotatable bonds is 2. The highest BCUT2D eigenvalue weighted by Gasteiger charge is 2.25. The molecule has 1 rings (SSSR count). The van der Waals surface area contributed by atoms with E-state index >= 15 is 0 Å². The van der Waals surface area contributed by atoms with E-state index < -0.39 is 0 Å². The van der Waals surface area contributed by atoms with Crippen molar-refractivity contribution in [2.24, 2.45) is 0 Å². The Labute approximate surface area is 72.5 Å². The van der Waals surface area contributed by atoms with Gasteiger partial charge in [-0.05, 0) is 19.3 Å². The molecule has 0 aromatic heterocycles. The molecular formula is C8H14ClNO. The largest absolute Gasteiger partial charge is 0.339 e. The number of carbonyl (C=O) groups excluding carboxylic acids is 1. The van der Waals surface area contributed by atoms with E-state index in [0.29, 0.717) is 6.04 Å². The van der Waals surface area contributed by atoms with Crippen LogP contribution in [0.3, 0.4) is 0 Å². The van der Waals surface area contributed by atoms with E-state index in [1.165, 1.54) is 0 Å². The maximum absolute atomic E-state index is 11.2. The molecule has 11 heavy (non-hydrogen) atoms. The Balaban J connectivity index is 2.49. The Morgan fingerprint density at radius 2 is 2.45 bits per heavy atom. The Morgan fingerprint density at radius 3 is 3.00 bits per heavy atom. The van der Waals surface area contributed by atoms with Gasteiger partial charge in [0.2, 0.25) is 5.91 Å². The molecule has 1 aliphatic rings. The minimum absolute atomic E-state index is 0.0935. The van der Waals surface area contributed by atoms with Crippen LogP contribution in [0.4, 0.5) is 0 Å². The minimum atomic E-state index is 0.0935. The number of nitrogens with zero attached hydrogens (tertiary/aromatic N) is 1. The molecule has 1 fully saturated rings. The third-order valence-electron chi connectivity index (χ3n) is 2.28. The van der Waals surface area contributed by atoms with Crippen LogP contribution in [0, 0.1) is 0 Å². The Kier molecular flexibility index (Phi) is 3.18. The van der Waals surface area contributed by atoms with Crippen LogP contribution in [0.15, 0.2) is 0 Å². The molecule has 2 nitrogen and oxygen atoms in total. The minimum Gasteiger partial charge on any atom is -0.339 e. The fourth-order valence-corrected chi connectivity index (χ4v) is 1.82. The maximum atomic E-state index is 11.2. The van der Waals surface area contributed by atoms with Gasteiger partial charge in [0.15, 0.2) is 0 Å². The number of hydrogen-bond acceptors (Lipinski definition) is 1. The van der Waals surface area contributed by atoms with Crippen molar-refractivity contribution in [2.45, 2.75) is 32.2 Å². The van der Waals surface area contributed by atoms with Gasteiger partial charge in [-0.15, -0.1) is 11.6 Å². The molecule has 0 aromatic carbocycles. The molecule has 1 heterocycles. The van der Waals surface area contributed by atoms with E-state index in [-0.39, 0.29) is 11.8 Å². The van der Waals surface area contributed by atoms with Crippen LogP contribution in [0.1, 0.15) is 26.2 Å². The monoisotopic (exact) mass is 175 g/mol. The van der Waals surface area contributed by atoms with Gasteiger partial charge in [-0.25, -0.2) is 0 Å². The van der Waals surface area contributed by atoms with Crippen molar-refractivity contribution in [2.75, 3.05) is 12.4 Å². The van der Waals surface area contributed by atoms with Crippen molar-refractivity contribution < 1.29 is 4.79 Å². The van der Waals surface area contributed by atoms with Crippen molar-refractivity contribution in [1.82, 2.24) is 4.90 Å². The summed E-state index contributed by atoms with van der Waals surface area (Å²) in [7, 11) is 0. The average molecular weight is 176 g/mol. The quantitative estimate of drug-likeness (QED) is 0.585. The SMILES string of the molecule is CCC1CCCN1C(=O)CCl. The lowest BCUT2D eigenvalue weighted by Crippen LogP contribution is -2.35. The highest BCUT2D eigenvalue weighted by Crippen LogP contribution is 2.19. The lowest BCUT2D eigenvalue weighted by atomic mass is 10.2. The molecule has 1 atom stereocenters. The fourth-order valence-electron chi connectivity index (χ4n) is 1.67. The molecule has 1 aliphatic heterocycles. The summed E-state index contributed by atoms with van der Waals surface area (Å²) >= 11 is 5.46. The molecule has 0 aliphatic carbocycles. The lowest BCUT2D eigenvalue weighted by Gasteiger charge is -2.22. The van der Waals surface area contributed by atoms with E-state index in [1.54, 1.807) is 0 Å². The molecule has 0 saturated carbocycles. The van der Waals surface area contributed by atoms with Gasteiger partial charge < -0.3 is 4.90 Å². The fraction of sp³-hybridized carbons (Fsp3) is 0.875. The first kappa shape index (κ1) is 8.85. The third kappa shape index (κ3) is 1.86.